The number of hydroxylamine groups is 1. The Balaban J connectivity index is 1.53. The molecule has 3 fully saturated rings. The lowest BCUT2D eigenvalue weighted by Gasteiger charge is -2.44. The average molecular weight is 617 g/mol. The molecule has 1 amide bonds. The van der Waals surface area contributed by atoms with Crippen LogP contribution in [0.1, 0.15) is 58.3 Å². The molecule has 0 bridgehead atoms. The summed E-state index contributed by atoms with van der Waals surface area (Å²) in [5.41, 5.74) is 6.17. The molecule has 1 unspecified atom stereocenters. The number of fused-ring (bicyclic) bond motifs is 1. The molecule has 3 aromatic rings. The number of carbonyl (C=O) groups excluding carboxylic acids is 1. The molecule has 2 N–H and O–H groups in total. The summed E-state index contributed by atoms with van der Waals surface area (Å²) in [5.74, 6) is 1.97. The van der Waals surface area contributed by atoms with Gasteiger partial charge in [0, 0.05) is 49.7 Å². The third kappa shape index (κ3) is 5.67. The predicted molar refractivity (Wildman–Crippen MR) is 160 cm³/mol. The number of halogens is 1. The molecule has 5 heterocycles. The maximum atomic E-state index is 12.4. The van der Waals surface area contributed by atoms with Gasteiger partial charge in [-0.25, -0.2) is 23.2 Å². The lowest BCUT2D eigenvalue weighted by molar-refractivity contribution is 0.121. The van der Waals surface area contributed by atoms with Crippen molar-refractivity contribution in [1.29, 1.82) is 0 Å². The topological polar surface area (TPSA) is 135 Å². The molecular formula is C28H37ClN8O4S. The first-order chi connectivity index (χ1) is 20.0. The smallest absolute Gasteiger partial charge is 0.351 e. The van der Waals surface area contributed by atoms with Crippen molar-refractivity contribution in [2.45, 2.75) is 71.2 Å². The zero-order chi connectivity index (χ0) is 29.8. The fourth-order valence-electron chi connectivity index (χ4n) is 6.56. The number of aromatic nitrogens is 4. The SMILES string of the molecule is CC1CCC(Cn2c(N3[C@H](C)CN(S(C)(=O)=O)C[C@H]3C)nc3cc(C4NOC(=O)N4)nc(-c4cncc(Cl)c4)c32)CC1. The van der Waals surface area contributed by atoms with Gasteiger partial charge in [0.05, 0.1) is 33.7 Å². The molecule has 1 saturated carbocycles. The largest absolute Gasteiger partial charge is 0.427 e. The number of nitrogens with zero attached hydrogens (tertiary/aromatic N) is 6. The number of nitrogens with one attached hydrogen (secondary N) is 2. The Hall–Kier alpha value is -3.00. The Bertz CT molecular complexity index is 1590. The summed E-state index contributed by atoms with van der Waals surface area (Å²) in [7, 11) is -3.33. The van der Waals surface area contributed by atoms with E-state index in [0.29, 0.717) is 40.9 Å². The van der Waals surface area contributed by atoms with E-state index < -0.39 is 22.3 Å². The van der Waals surface area contributed by atoms with E-state index in [4.69, 9.17) is 26.4 Å². The second-order valence-electron chi connectivity index (χ2n) is 12.1. The molecule has 0 spiro atoms. The van der Waals surface area contributed by atoms with E-state index >= 15 is 0 Å². The lowest BCUT2D eigenvalue weighted by atomic mass is 9.83. The first-order valence-electron chi connectivity index (χ1n) is 14.5. The Kier molecular flexibility index (Phi) is 7.79. The minimum absolute atomic E-state index is 0.113. The molecule has 2 saturated heterocycles. The van der Waals surface area contributed by atoms with E-state index in [2.05, 4.69) is 32.2 Å². The van der Waals surface area contributed by atoms with Crippen LogP contribution < -0.4 is 15.7 Å². The number of amides is 1. The molecule has 3 atom stereocenters. The highest BCUT2D eigenvalue weighted by Crippen LogP contribution is 2.38. The fraction of sp³-hybridized carbons (Fsp3) is 0.571. The van der Waals surface area contributed by atoms with Crippen molar-refractivity contribution in [2.24, 2.45) is 11.8 Å². The van der Waals surface area contributed by atoms with Crippen molar-refractivity contribution in [3.05, 3.63) is 35.2 Å². The van der Waals surface area contributed by atoms with Crippen LogP contribution in [-0.4, -0.2) is 69.8 Å². The Morgan fingerprint density at radius 1 is 1.05 bits per heavy atom. The maximum Gasteiger partial charge on any atom is 0.427 e. The van der Waals surface area contributed by atoms with Gasteiger partial charge in [0.15, 0.2) is 6.17 Å². The number of anilines is 1. The Morgan fingerprint density at radius 3 is 2.38 bits per heavy atom. The monoisotopic (exact) mass is 616 g/mol. The first kappa shape index (κ1) is 29.1. The van der Waals surface area contributed by atoms with Gasteiger partial charge in [-0.2, -0.15) is 4.31 Å². The van der Waals surface area contributed by atoms with Crippen LogP contribution in [0.5, 0.6) is 0 Å². The Morgan fingerprint density at radius 2 is 1.76 bits per heavy atom. The van der Waals surface area contributed by atoms with Crippen molar-refractivity contribution in [2.75, 3.05) is 24.2 Å². The number of rotatable bonds is 6. The van der Waals surface area contributed by atoms with Crippen molar-refractivity contribution in [1.82, 2.24) is 34.6 Å². The van der Waals surface area contributed by atoms with Gasteiger partial charge in [-0.1, -0.05) is 31.4 Å². The van der Waals surface area contributed by atoms with E-state index in [0.717, 1.165) is 42.3 Å². The third-order valence-corrected chi connectivity index (χ3v) is 10.1. The van der Waals surface area contributed by atoms with E-state index in [1.54, 1.807) is 16.7 Å². The third-order valence-electron chi connectivity index (χ3n) is 8.69. The molecule has 12 nitrogen and oxygen atoms in total. The van der Waals surface area contributed by atoms with Gasteiger partial charge in [-0.15, -0.1) is 5.48 Å². The zero-order valence-corrected chi connectivity index (χ0v) is 25.8. The number of pyridine rings is 2. The van der Waals surface area contributed by atoms with Gasteiger partial charge in [-0.3, -0.25) is 10.3 Å². The van der Waals surface area contributed by atoms with E-state index in [9.17, 15) is 13.2 Å². The first-order valence-corrected chi connectivity index (χ1v) is 16.7. The van der Waals surface area contributed by atoms with Gasteiger partial charge < -0.3 is 14.3 Å². The molecule has 6 rings (SSSR count). The summed E-state index contributed by atoms with van der Waals surface area (Å²) in [6.07, 6.45) is 7.96. The number of hydrogen-bond donors (Lipinski definition) is 2. The summed E-state index contributed by atoms with van der Waals surface area (Å²) in [6, 6.07) is 3.47. The van der Waals surface area contributed by atoms with Gasteiger partial charge >= 0.3 is 6.09 Å². The average Bonchev–Trinajstić information content (AvgIpc) is 3.52. The summed E-state index contributed by atoms with van der Waals surface area (Å²) < 4.78 is 28.7. The van der Waals surface area contributed by atoms with Crippen molar-refractivity contribution in [3.63, 3.8) is 0 Å². The van der Waals surface area contributed by atoms with Crippen LogP contribution in [0.25, 0.3) is 22.3 Å². The normalized spacial score (nSPS) is 27.3. The Labute approximate surface area is 250 Å². The van der Waals surface area contributed by atoms with Crippen LogP contribution in [0.2, 0.25) is 5.02 Å². The molecule has 226 valence electrons. The number of imidazole rings is 1. The molecule has 3 aliphatic rings. The van der Waals surface area contributed by atoms with Crippen LogP contribution in [0, 0.1) is 11.8 Å². The number of carbonyl (C=O) groups is 1. The fourth-order valence-corrected chi connectivity index (χ4v) is 7.70. The summed E-state index contributed by atoms with van der Waals surface area (Å²) in [5, 5.41) is 3.21. The second kappa shape index (κ2) is 11.3. The van der Waals surface area contributed by atoms with Gasteiger partial charge in [-0.05, 0) is 50.7 Å². The van der Waals surface area contributed by atoms with Crippen molar-refractivity contribution >= 4 is 44.7 Å². The van der Waals surface area contributed by atoms with E-state index in [1.165, 1.54) is 19.1 Å². The maximum absolute atomic E-state index is 12.4. The van der Waals surface area contributed by atoms with Crippen LogP contribution >= 0.6 is 11.6 Å². The van der Waals surface area contributed by atoms with Gasteiger partial charge in [0.2, 0.25) is 16.0 Å². The van der Waals surface area contributed by atoms with E-state index in [1.807, 2.05) is 26.0 Å². The number of sulfonamides is 1. The predicted octanol–water partition coefficient (Wildman–Crippen LogP) is 4.07. The number of piperazine rings is 1. The zero-order valence-electron chi connectivity index (χ0n) is 24.2. The molecule has 2 aliphatic heterocycles. The number of hydrogen-bond acceptors (Lipinski definition) is 9. The molecule has 42 heavy (non-hydrogen) atoms. The second-order valence-corrected chi connectivity index (χ2v) is 14.5. The van der Waals surface area contributed by atoms with Crippen LogP contribution in [0.4, 0.5) is 10.7 Å². The summed E-state index contributed by atoms with van der Waals surface area (Å²) >= 11 is 6.39. The molecule has 0 radical (unpaired) electrons. The van der Waals surface area contributed by atoms with Crippen LogP contribution in [0.3, 0.4) is 0 Å². The molecule has 14 heteroatoms. The standard InChI is InChI=1S/C28H37ClN8O4S/c1-16-5-7-19(8-6-16)15-36-25-22(32-27(36)37-17(2)13-35(14-18(37)3)42(4,39)40)10-23(26-33-28(38)41-34-26)31-24(25)20-9-21(29)12-30-11-20/h9-12,16-19,26,34H,5-8,13-15H2,1-4H3,(H,33,38)/t16?,17-,18-,19?,26?/m1/s1. The van der Waals surface area contributed by atoms with E-state index in [-0.39, 0.29) is 12.1 Å². The molecule has 0 aromatic carbocycles. The van der Waals surface area contributed by atoms with Crippen LogP contribution in [0.15, 0.2) is 24.5 Å². The quantitative estimate of drug-likeness (QED) is 0.420. The van der Waals surface area contributed by atoms with Gasteiger partial charge in [0.25, 0.3) is 0 Å². The molecular weight excluding hydrogens is 580 g/mol. The molecule has 1 aliphatic carbocycles. The van der Waals surface area contributed by atoms with Crippen molar-refractivity contribution in [3.8, 4) is 11.3 Å². The van der Waals surface area contributed by atoms with Crippen molar-refractivity contribution < 1.29 is 18.0 Å². The summed E-state index contributed by atoms with van der Waals surface area (Å²) in [4.78, 5) is 33.6. The highest BCUT2D eigenvalue weighted by Gasteiger charge is 2.37. The minimum atomic E-state index is -3.33. The minimum Gasteiger partial charge on any atom is -0.351 e. The molecule has 3 aromatic heterocycles. The van der Waals surface area contributed by atoms with Gasteiger partial charge in [0.1, 0.15) is 0 Å². The lowest BCUT2D eigenvalue weighted by Crippen LogP contribution is -2.58. The van der Waals surface area contributed by atoms with Crippen LogP contribution in [-0.2, 0) is 21.4 Å². The highest BCUT2D eigenvalue weighted by molar-refractivity contribution is 7.88. The summed E-state index contributed by atoms with van der Waals surface area (Å²) in [6.45, 7) is 7.90. The highest BCUT2D eigenvalue weighted by atomic mass is 35.5.